The van der Waals surface area contributed by atoms with Crippen LogP contribution in [0.3, 0.4) is 0 Å². The first-order chi connectivity index (χ1) is 13.6. The lowest BCUT2D eigenvalue weighted by Gasteiger charge is -2.32. The Kier molecular flexibility index (Phi) is 7.11. The SMILES string of the molecule is COCCCN(C)CC(=O)N1CCC(C(=O)Nc2ccc3c(c2)OCO3)CC1. The molecule has 0 spiro atoms. The van der Waals surface area contributed by atoms with Gasteiger partial charge in [0, 0.05) is 51.0 Å². The van der Waals surface area contributed by atoms with Gasteiger partial charge < -0.3 is 24.4 Å². The Morgan fingerprint density at radius 2 is 2.00 bits per heavy atom. The van der Waals surface area contributed by atoms with E-state index in [1.807, 2.05) is 22.9 Å². The van der Waals surface area contributed by atoms with Crippen LogP contribution in [-0.4, -0.2) is 75.4 Å². The normalized spacial score (nSPS) is 16.5. The number of rotatable bonds is 8. The van der Waals surface area contributed by atoms with Crippen molar-refractivity contribution in [2.75, 3.05) is 59.1 Å². The lowest BCUT2D eigenvalue weighted by molar-refractivity contribution is -0.135. The molecule has 2 amide bonds. The molecule has 2 heterocycles. The Morgan fingerprint density at radius 3 is 2.75 bits per heavy atom. The van der Waals surface area contributed by atoms with E-state index in [-0.39, 0.29) is 24.5 Å². The Morgan fingerprint density at radius 1 is 1.25 bits per heavy atom. The average Bonchev–Trinajstić information content (AvgIpc) is 3.16. The second-order valence-electron chi connectivity index (χ2n) is 7.30. The molecule has 2 aliphatic heterocycles. The molecule has 0 aliphatic carbocycles. The monoisotopic (exact) mass is 391 g/mol. The van der Waals surface area contributed by atoms with Crippen molar-refractivity contribution in [3.05, 3.63) is 18.2 Å². The molecule has 8 nitrogen and oxygen atoms in total. The molecular weight excluding hydrogens is 362 g/mol. The van der Waals surface area contributed by atoms with Crippen LogP contribution < -0.4 is 14.8 Å². The van der Waals surface area contributed by atoms with Gasteiger partial charge in [0.2, 0.25) is 18.6 Å². The van der Waals surface area contributed by atoms with Crippen molar-refractivity contribution in [2.45, 2.75) is 19.3 Å². The summed E-state index contributed by atoms with van der Waals surface area (Å²) in [7, 11) is 3.62. The van der Waals surface area contributed by atoms with Gasteiger partial charge in [0.05, 0.1) is 6.54 Å². The third-order valence-electron chi connectivity index (χ3n) is 5.15. The summed E-state index contributed by atoms with van der Waals surface area (Å²) in [6, 6.07) is 5.38. The molecule has 154 valence electrons. The zero-order valence-electron chi connectivity index (χ0n) is 16.6. The van der Waals surface area contributed by atoms with Crippen LogP contribution >= 0.6 is 0 Å². The summed E-state index contributed by atoms with van der Waals surface area (Å²) in [4.78, 5) is 28.9. The number of hydrogen-bond donors (Lipinski definition) is 1. The molecule has 1 fully saturated rings. The van der Waals surface area contributed by atoms with Crippen molar-refractivity contribution >= 4 is 17.5 Å². The molecule has 8 heteroatoms. The van der Waals surface area contributed by atoms with Crippen molar-refractivity contribution in [3.63, 3.8) is 0 Å². The standard InChI is InChI=1S/C20H29N3O5/c1-22(8-3-11-26-2)13-19(24)23-9-6-15(7-10-23)20(25)21-16-4-5-17-18(12-16)28-14-27-17/h4-5,12,15H,3,6-11,13-14H2,1-2H3,(H,21,25). The van der Waals surface area contributed by atoms with Crippen molar-refractivity contribution < 1.29 is 23.8 Å². The highest BCUT2D eigenvalue weighted by molar-refractivity contribution is 5.93. The predicted octanol–water partition coefficient (Wildman–Crippen LogP) is 1.56. The lowest BCUT2D eigenvalue weighted by Crippen LogP contribution is -2.45. The lowest BCUT2D eigenvalue weighted by atomic mass is 9.95. The number of anilines is 1. The summed E-state index contributed by atoms with van der Waals surface area (Å²) in [5.41, 5.74) is 0.699. The predicted molar refractivity (Wildman–Crippen MR) is 104 cm³/mol. The molecule has 0 aromatic heterocycles. The molecule has 1 saturated heterocycles. The van der Waals surface area contributed by atoms with E-state index in [1.165, 1.54) is 0 Å². The van der Waals surface area contributed by atoms with Crippen molar-refractivity contribution in [1.29, 1.82) is 0 Å². The van der Waals surface area contributed by atoms with Gasteiger partial charge in [0.1, 0.15) is 0 Å². The minimum absolute atomic E-state index is 0.0114. The number of ether oxygens (including phenoxy) is 3. The minimum Gasteiger partial charge on any atom is -0.454 e. The van der Waals surface area contributed by atoms with Crippen molar-refractivity contribution in [2.24, 2.45) is 5.92 Å². The Labute approximate surface area is 165 Å². The zero-order chi connectivity index (χ0) is 19.9. The fourth-order valence-corrected chi connectivity index (χ4v) is 3.50. The Bertz CT molecular complexity index is 688. The quantitative estimate of drug-likeness (QED) is 0.678. The maximum Gasteiger partial charge on any atom is 0.236 e. The van der Waals surface area contributed by atoms with Gasteiger partial charge in [-0.3, -0.25) is 14.5 Å². The Hall–Kier alpha value is -2.32. The first kappa shape index (κ1) is 20.4. The number of methoxy groups -OCH3 is 1. The maximum absolute atomic E-state index is 12.6. The van der Waals surface area contributed by atoms with E-state index in [0.717, 1.165) is 13.0 Å². The molecule has 2 aliphatic rings. The first-order valence-electron chi connectivity index (χ1n) is 9.72. The van der Waals surface area contributed by atoms with E-state index in [4.69, 9.17) is 14.2 Å². The highest BCUT2D eigenvalue weighted by Gasteiger charge is 2.28. The smallest absolute Gasteiger partial charge is 0.236 e. The van der Waals surface area contributed by atoms with E-state index in [0.29, 0.717) is 56.3 Å². The molecule has 0 atom stereocenters. The summed E-state index contributed by atoms with van der Waals surface area (Å²) in [6.45, 7) is 3.36. The van der Waals surface area contributed by atoms with Crippen LogP contribution in [0.4, 0.5) is 5.69 Å². The van der Waals surface area contributed by atoms with E-state index in [1.54, 1.807) is 19.2 Å². The number of likely N-dealkylation sites (tertiary alicyclic amines) is 1. The topological polar surface area (TPSA) is 80.3 Å². The largest absolute Gasteiger partial charge is 0.454 e. The van der Waals surface area contributed by atoms with Crippen LogP contribution in [0.5, 0.6) is 11.5 Å². The van der Waals surface area contributed by atoms with Crippen LogP contribution in [-0.2, 0) is 14.3 Å². The molecule has 1 N–H and O–H groups in total. The van der Waals surface area contributed by atoms with Gasteiger partial charge in [-0.2, -0.15) is 0 Å². The number of nitrogens with zero attached hydrogens (tertiary/aromatic N) is 2. The molecule has 3 rings (SSSR count). The number of benzene rings is 1. The number of carbonyl (C=O) groups is 2. The van der Waals surface area contributed by atoms with Gasteiger partial charge in [-0.05, 0) is 38.4 Å². The number of likely N-dealkylation sites (N-methyl/N-ethyl adjacent to an activating group) is 1. The minimum atomic E-state index is -0.0890. The first-order valence-corrected chi connectivity index (χ1v) is 9.72. The molecule has 28 heavy (non-hydrogen) atoms. The summed E-state index contributed by atoms with van der Waals surface area (Å²) in [6.07, 6.45) is 2.26. The third kappa shape index (κ3) is 5.36. The Balaban J connectivity index is 1.42. The number of hydrogen-bond acceptors (Lipinski definition) is 6. The fourth-order valence-electron chi connectivity index (χ4n) is 3.50. The van der Waals surface area contributed by atoms with E-state index >= 15 is 0 Å². The number of piperidine rings is 1. The van der Waals surface area contributed by atoms with Crippen LogP contribution in [0.15, 0.2) is 18.2 Å². The molecule has 0 saturated carbocycles. The number of nitrogens with one attached hydrogen (secondary N) is 1. The molecule has 0 bridgehead atoms. The van der Waals surface area contributed by atoms with Crippen molar-refractivity contribution in [3.8, 4) is 11.5 Å². The molecule has 1 aromatic rings. The fraction of sp³-hybridized carbons (Fsp3) is 0.600. The van der Waals surface area contributed by atoms with E-state index in [2.05, 4.69) is 5.32 Å². The number of carbonyl (C=O) groups excluding carboxylic acids is 2. The van der Waals surface area contributed by atoms with Gasteiger partial charge in [0.15, 0.2) is 11.5 Å². The van der Waals surface area contributed by atoms with Gasteiger partial charge in [-0.15, -0.1) is 0 Å². The molecular formula is C20H29N3O5. The average molecular weight is 391 g/mol. The number of amides is 2. The van der Waals surface area contributed by atoms with Crippen LogP contribution in [0.25, 0.3) is 0 Å². The second-order valence-corrected chi connectivity index (χ2v) is 7.30. The zero-order valence-corrected chi connectivity index (χ0v) is 16.6. The van der Waals surface area contributed by atoms with Gasteiger partial charge in [-0.1, -0.05) is 0 Å². The summed E-state index contributed by atoms with van der Waals surface area (Å²) in [5.74, 6) is 1.36. The van der Waals surface area contributed by atoms with Crippen molar-refractivity contribution in [1.82, 2.24) is 9.80 Å². The summed E-state index contributed by atoms with van der Waals surface area (Å²) in [5, 5.41) is 2.95. The van der Waals surface area contributed by atoms with Gasteiger partial charge >= 0.3 is 0 Å². The van der Waals surface area contributed by atoms with Crippen LogP contribution in [0.1, 0.15) is 19.3 Å². The van der Waals surface area contributed by atoms with Crippen LogP contribution in [0.2, 0.25) is 0 Å². The van der Waals surface area contributed by atoms with E-state index < -0.39 is 0 Å². The third-order valence-corrected chi connectivity index (χ3v) is 5.15. The molecule has 1 aromatic carbocycles. The molecule has 0 radical (unpaired) electrons. The summed E-state index contributed by atoms with van der Waals surface area (Å²) >= 11 is 0. The molecule has 0 unspecified atom stereocenters. The van der Waals surface area contributed by atoms with Crippen LogP contribution in [0, 0.1) is 5.92 Å². The van der Waals surface area contributed by atoms with Gasteiger partial charge in [-0.25, -0.2) is 0 Å². The maximum atomic E-state index is 12.6. The van der Waals surface area contributed by atoms with Gasteiger partial charge in [0.25, 0.3) is 0 Å². The highest BCUT2D eigenvalue weighted by Crippen LogP contribution is 2.34. The number of fused-ring (bicyclic) bond motifs is 1. The highest BCUT2D eigenvalue weighted by atomic mass is 16.7. The van der Waals surface area contributed by atoms with E-state index in [9.17, 15) is 9.59 Å². The summed E-state index contributed by atoms with van der Waals surface area (Å²) < 4.78 is 15.7. The second kappa shape index (κ2) is 9.75.